The average Bonchev–Trinajstić information content (AvgIpc) is 3.21. The molecule has 1 aliphatic rings. The Morgan fingerprint density at radius 2 is 2.22 bits per heavy atom. The minimum Gasteiger partial charge on any atom is -0.448 e. The van der Waals surface area contributed by atoms with Gasteiger partial charge in [0.2, 0.25) is 0 Å². The molecule has 3 rings (SSSR count). The van der Waals surface area contributed by atoms with Gasteiger partial charge < -0.3 is 18.6 Å². The van der Waals surface area contributed by atoms with Crippen LogP contribution in [0.2, 0.25) is 0 Å². The molecule has 1 amide bonds. The van der Waals surface area contributed by atoms with Gasteiger partial charge in [0.15, 0.2) is 11.6 Å². The van der Waals surface area contributed by atoms with Gasteiger partial charge >= 0.3 is 0 Å². The fourth-order valence-electron chi connectivity index (χ4n) is 2.91. The van der Waals surface area contributed by atoms with Gasteiger partial charge in [-0.15, -0.1) is 10.2 Å². The van der Waals surface area contributed by atoms with E-state index in [9.17, 15) is 4.79 Å². The van der Waals surface area contributed by atoms with Crippen molar-refractivity contribution < 1.29 is 13.9 Å². The van der Waals surface area contributed by atoms with Crippen LogP contribution in [-0.4, -0.2) is 57.4 Å². The molecular formula is C15H21N5O3. The number of methoxy groups -OCH3 is 1. The number of likely N-dealkylation sites (tertiary alicyclic amines) is 1. The average molecular weight is 319 g/mol. The van der Waals surface area contributed by atoms with E-state index in [1.165, 1.54) is 6.26 Å². The maximum atomic E-state index is 12.4. The molecule has 2 aromatic heterocycles. The van der Waals surface area contributed by atoms with E-state index in [4.69, 9.17) is 9.15 Å². The maximum absolute atomic E-state index is 12.4. The van der Waals surface area contributed by atoms with Crippen LogP contribution in [0.4, 0.5) is 0 Å². The summed E-state index contributed by atoms with van der Waals surface area (Å²) in [5, 5.41) is 8.26. The summed E-state index contributed by atoms with van der Waals surface area (Å²) < 4.78 is 12.3. The number of hydrogen-bond acceptors (Lipinski definition) is 6. The second kappa shape index (κ2) is 6.91. The summed E-state index contributed by atoms with van der Waals surface area (Å²) in [6.45, 7) is 4.49. The number of carbonyl (C=O) groups is 1. The van der Waals surface area contributed by atoms with Gasteiger partial charge in [0.05, 0.1) is 6.61 Å². The number of hydrogen-bond donors (Lipinski definition) is 0. The van der Waals surface area contributed by atoms with Crippen LogP contribution in [0.3, 0.4) is 0 Å². The van der Waals surface area contributed by atoms with Crippen molar-refractivity contribution in [3.63, 3.8) is 0 Å². The molecule has 124 valence electrons. The Morgan fingerprint density at radius 3 is 2.87 bits per heavy atom. The third kappa shape index (κ3) is 3.42. The molecule has 0 bridgehead atoms. The first-order valence-electron chi connectivity index (χ1n) is 7.77. The Kier molecular flexibility index (Phi) is 4.71. The van der Waals surface area contributed by atoms with E-state index < -0.39 is 0 Å². The molecule has 0 spiro atoms. The summed E-state index contributed by atoms with van der Waals surface area (Å²) in [5.41, 5.74) is 0.379. The molecule has 0 radical (unpaired) electrons. The van der Waals surface area contributed by atoms with Crippen LogP contribution in [0.15, 0.2) is 17.0 Å². The number of ether oxygens (including phenoxy) is 1. The highest BCUT2D eigenvalue weighted by Gasteiger charge is 2.28. The van der Waals surface area contributed by atoms with Gasteiger partial charge in [-0.1, -0.05) is 0 Å². The van der Waals surface area contributed by atoms with Gasteiger partial charge in [-0.2, -0.15) is 0 Å². The summed E-state index contributed by atoms with van der Waals surface area (Å²) in [5.74, 6) is 1.74. The van der Waals surface area contributed by atoms with Crippen LogP contribution in [0.5, 0.6) is 0 Å². The van der Waals surface area contributed by atoms with Crippen molar-refractivity contribution in [2.24, 2.45) is 0 Å². The molecule has 0 N–H and O–H groups in total. The topological polar surface area (TPSA) is 86.3 Å². The molecule has 0 aromatic carbocycles. The number of carbonyl (C=O) groups excluding carboxylic acids is 1. The highest BCUT2D eigenvalue weighted by molar-refractivity contribution is 5.92. The highest BCUT2D eigenvalue weighted by Crippen LogP contribution is 2.27. The van der Waals surface area contributed by atoms with Gasteiger partial charge in [0.25, 0.3) is 5.91 Å². The fraction of sp³-hybridized carbons (Fsp3) is 0.600. The van der Waals surface area contributed by atoms with Gasteiger partial charge in [0.1, 0.15) is 18.4 Å². The van der Waals surface area contributed by atoms with Crippen LogP contribution in [0.1, 0.15) is 41.0 Å². The first-order chi connectivity index (χ1) is 11.2. The molecule has 3 heterocycles. The van der Waals surface area contributed by atoms with Crippen molar-refractivity contribution >= 4 is 5.91 Å². The van der Waals surface area contributed by atoms with Crippen molar-refractivity contribution in [2.75, 3.05) is 26.8 Å². The number of piperidine rings is 1. The van der Waals surface area contributed by atoms with Gasteiger partial charge in [0, 0.05) is 39.6 Å². The molecule has 1 aliphatic heterocycles. The van der Waals surface area contributed by atoms with E-state index in [2.05, 4.69) is 15.2 Å². The summed E-state index contributed by atoms with van der Waals surface area (Å²) in [6.07, 6.45) is 4.90. The normalized spacial score (nSPS) is 16.0. The zero-order chi connectivity index (χ0) is 16.2. The molecule has 1 saturated heterocycles. The first-order valence-corrected chi connectivity index (χ1v) is 7.77. The zero-order valence-electron chi connectivity index (χ0n) is 13.4. The summed E-state index contributed by atoms with van der Waals surface area (Å²) >= 11 is 0. The van der Waals surface area contributed by atoms with Crippen molar-refractivity contribution in [1.82, 2.24) is 24.6 Å². The summed E-state index contributed by atoms with van der Waals surface area (Å²) in [6, 6.07) is 0. The molecule has 0 atom stereocenters. The third-order valence-corrected chi connectivity index (χ3v) is 4.17. The Hall–Kier alpha value is -2.22. The lowest BCUT2D eigenvalue weighted by atomic mass is 9.95. The minimum absolute atomic E-state index is 0.0684. The standard InChI is InChI=1S/C15H21N5O3/c1-11-17-13(9-23-11)15(21)19-5-3-12(4-6-19)14-18-16-10-20(14)7-8-22-2/h9-10,12H,3-8H2,1-2H3. The third-order valence-electron chi connectivity index (χ3n) is 4.17. The Balaban J connectivity index is 1.60. The summed E-state index contributed by atoms with van der Waals surface area (Å²) in [7, 11) is 1.68. The molecule has 23 heavy (non-hydrogen) atoms. The molecule has 8 heteroatoms. The second-order valence-corrected chi connectivity index (χ2v) is 5.69. The van der Waals surface area contributed by atoms with Crippen molar-refractivity contribution in [3.05, 3.63) is 30.0 Å². The summed E-state index contributed by atoms with van der Waals surface area (Å²) in [4.78, 5) is 18.3. The number of nitrogens with zero attached hydrogens (tertiary/aromatic N) is 5. The highest BCUT2D eigenvalue weighted by atomic mass is 16.5. The predicted molar refractivity (Wildman–Crippen MR) is 81.0 cm³/mol. The predicted octanol–water partition coefficient (Wildman–Crippen LogP) is 1.24. The van der Waals surface area contributed by atoms with E-state index >= 15 is 0 Å². The quantitative estimate of drug-likeness (QED) is 0.824. The minimum atomic E-state index is -0.0684. The lowest BCUT2D eigenvalue weighted by Crippen LogP contribution is -2.38. The molecule has 0 saturated carbocycles. The number of rotatable bonds is 5. The Morgan fingerprint density at radius 1 is 1.43 bits per heavy atom. The van der Waals surface area contributed by atoms with Crippen LogP contribution < -0.4 is 0 Å². The van der Waals surface area contributed by atoms with Crippen molar-refractivity contribution in [3.8, 4) is 0 Å². The van der Waals surface area contributed by atoms with Crippen LogP contribution in [0.25, 0.3) is 0 Å². The lowest BCUT2D eigenvalue weighted by molar-refractivity contribution is 0.0704. The molecule has 8 nitrogen and oxygen atoms in total. The van der Waals surface area contributed by atoms with E-state index in [0.29, 0.717) is 37.2 Å². The van der Waals surface area contributed by atoms with E-state index in [0.717, 1.165) is 25.2 Å². The van der Waals surface area contributed by atoms with E-state index in [1.54, 1.807) is 20.4 Å². The van der Waals surface area contributed by atoms with E-state index in [1.807, 2.05) is 9.47 Å². The van der Waals surface area contributed by atoms with Crippen LogP contribution in [-0.2, 0) is 11.3 Å². The first kappa shape index (κ1) is 15.7. The number of oxazole rings is 1. The van der Waals surface area contributed by atoms with E-state index in [-0.39, 0.29) is 5.91 Å². The molecule has 0 aliphatic carbocycles. The number of amides is 1. The SMILES string of the molecule is COCCn1cnnc1C1CCN(C(=O)c2coc(C)n2)CC1. The number of aromatic nitrogens is 4. The molecular weight excluding hydrogens is 298 g/mol. The molecule has 1 fully saturated rings. The second-order valence-electron chi connectivity index (χ2n) is 5.69. The van der Waals surface area contributed by atoms with Gasteiger partial charge in [-0.25, -0.2) is 4.98 Å². The van der Waals surface area contributed by atoms with Crippen molar-refractivity contribution in [1.29, 1.82) is 0 Å². The van der Waals surface area contributed by atoms with Gasteiger partial charge in [-0.05, 0) is 12.8 Å². The fourth-order valence-corrected chi connectivity index (χ4v) is 2.91. The smallest absolute Gasteiger partial charge is 0.275 e. The Labute approximate surface area is 134 Å². The maximum Gasteiger partial charge on any atom is 0.275 e. The molecule has 0 unspecified atom stereocenters. The Bertz CT molecular complexity index is 658. The van der Waals surface area contributed by atoms with Crippen LogP contribution >= 0.6 is 0 Å². The van der Waals surface area contributed by atoms with Gasteiger partial charge in [-0.3, -0.25) is 4.79 Å². The monoisotopic (exact) mass is 319 g/mol. The van der Waals surface area contributed by atoms with Crippen molar-refractivity contribution in [2.45, 2.75) is 32.2 Å². The lowest BCUT2D eigenvalue weighted by Gasteiger charge is -2.31. The number of aryl methyl sites for hydroxylation is 1. The van der Waals surface area contributed by atoms with Crippen LogP contribution in [0, 0.1) is 6.92 Å². The molecule has 2 aromatic rings. The zero-order valence-corrected chi connectivity index (χ0v) is 13.4. The largest absolute Gasteiger partial charge is 0.448 e.